The number of phenolic OH excluding ortho intramolecular Hbond substituents is 3. The summed E-state index contributed by atoms with van der Waals surface area (Å²) in [5, 5.41) is 40.9. The van der Waals surface area contributed by atoms with E-state index in [0.717, 1.165) is 0 Å². The van der Waals surface area contributed by atoms with Crippen molar-refractivity contribution >= 4 is 23.8 Å². The minimum atomic E-state index is -1.08. The molecule has 0 amide bonds. The molecule has 0 saturated heterocycles. The number of carboxylic acid groups (broad SMARTS) is 1. The van der Waals surface area contributed by atoms with E-state index in [2.05, 4.69) is 5.32 Å². The zero-order valence-corrected chi connectivity index (χ0v) is 11.8. The number of carbonyl (C=O) groups is 1. The van der Waals surface area contributed by atoms with Crippen LogP contribution < -0.4 is 5.32 Å². The number of carboxylic acids is 1. The average molecular weight is 311 g/mol. The van der Waals surface area contributed by atoms with Gasteiger partial charge in [-0.2, -0.15) is 0 Å². The van der Waals surface area contributed by atoms with E-state index in [-0.39, 0.29) is 22.8 Å². The van der Waals surface area contributed by atoms with E-state index in [1.165, 1.54) is 24.3 Å². The Morgan fingerprint density at radius 1 is 0.957 bits per heavy atom. The fourth-order valence-corrected chi connectivity index (χ4v) is 2.35. The van der Waals surface area contributed by atoms with E-state index in [4.69, 9.17) is 0 Å². The summed E-state index contributed by atoms with van der Waals surface area (Å²) in [5.74, 6) is -1.60. The molecule has 0 saturated carbocycles. The molecule has 1 heterocycles. The lowest BCUT2D eigenvalue weighted by Crippen LogP contribution is -2.08. The second-order valence-electron chi connectivity index (χ2n) is 5.03. The Morgan fingerprint density at radius 3 is 2.39 bits per heavy atom. The largest absolute Gasteiger partial charge is 0.506 e. The van der Waals surface area contributed by atoms with Gasteiger partial charge in [-0.1, -0.05) is 6.07 Å². The highest BCUT2D eigenvalue weighted by atomic mass is 16.4. The topological polar surface area (TPSA) is 110 Å². The maximum absolute atomic E-state index is 11.2. The maximum Gasteiger partial charge on any atom is 0.336 e. The van der Waals surface area contributed by atoms with Crippen molar-refractivity contribution in [3.05, 3.63) is 58.8 Å². The number of hydrogen-bond donors (Lipinski definition) is 5. The highest BCUT2D eigenvalue weighted by molar-refractivity contribution is 5.98. The molecule has 1 aliphatic heterocycles. The van der Waals surface area contributed by atoms with Crippen LogP contribution in [0.15, 0.2) is 42.1 Å². The predicted octanol–water partition coefficient (Wildman–Crippen LogP) is 2.98. The van der Waals surface area contributed by atoms with Gasteiger partial charge in [0.25, 0.3) is 0 Å². The van der Waals surface area contributed by atoms with E-state index >= 15 is 0 Å². The lowest BCUT2D eigenvalue weighted by atomic mass is 10.00. The first-order valence-corrected chi connectivity index (χ1v) is 6.74. The first-order chi connectivity index (χ1) is 11.0. The molecule has 0 unspecified atom stereocenters. The molecule has 0 fully saturated rings. The van der Waals surface area contributed by atoms with Crippen molar-refractivity contribution in [2.24, 2.45) is 0 Å². The van der Waals surface area contributed by atoms with Crippen LogP contribution in [0.1, 0.15) is 21.5 Å². The average Bonchev–Trinajstić information content (AvgIpc) is 2.51. The van der Waals surface area contributed by atoms with Gasteiger partial charge in [0.05, 0.1) is 11.3 Å². The SMILES string of the molecule is O=C(O)c1ccc(O)c2c1C=C/C(=C\c1ccc(O)c(O)c1)N2. The number of hydrogen-bond acceptors (Lipinski definition) is 5. The van der Waals surface area contributed by atoms with Crippen molar-refractivity contribution < 1.29 is 25.2 Å². The molecule has 0 radical (unpaired) electrons. The van der Waals surface area contributed by atoms with E-state index in [9.17, 15) is 25.2 Å². The first kappa shape index (κ1) is 14.5. The third kappa shape index (κ3) is 2.69. The summed E-state index contributed by atoms with van der Waals surface area (Å²) in [6.45, 7) is 0. The van der Waals surface area contributed by atoms with Crippen molar-refractivity contribution in [1.29, 1.82) is 0 Å². The van der Waals surface area contributed by atoms with Crippen LogP contribution in [-0.4, -0.2) is 26.4 Å². The zero-order chi connectivity index (χ0) is 16.6. The molecule has 0 aliphatic carbocycles. The van der Waals surface area contributed by atoms with Crippen LogP contribution in [0.3, 0.4) is 0 Å². The molecule has 2 aromatic rings. The molecular formula is C17H13NO5. The molecule has 116 valence electrons. The van der Waals surface area contributed by atoms with Crippen LogP contribution in [0.4, 0.5) is 5.69 Å². The number of aromatic carboxylic acids is 1. The third-order valence-electron chi connectivity index (χ3n) is 3.47. The van der Waals surface area contributed by atoms with Crippen molar-refractivity contribution in [3.63, 3.8) is 0 Å². The highest BCUT2D eigenvalue weighted by Crippen LogP contribution is 2.36. The monoisotopic (exact) mass is 311 g/mol. The molecule has 0 aromatic heterocycles. The zero-order valence-electron chi connectivity index (χ0n) is 11.8. The predicted molar refractivity (Wildman–Crippen MR) is 85.5 cm³/mol. The van der Waals surface area contributed by atoms with Gasteiger partial charge in [0.15, 0.2) is 11.5 Å². The van der Waals surface area contributed by atoms with Crippen molar-refractivity contribution in [3.8, 4) is 17.2 Å². The number of anilines is 1. The summed E-state index contributed by atoms with van der Waals surface area (Å²) in [4.78, 5) is 11.2. The van der Waals surface area contributed by atoms with Crippen LogP contribution in [-0.2, 0) is 0 Å². The Balaban J connectivity index is 2.01. The summed E-state index contributed by atoms with van der Waals surface area (Å²) in [5.41, 5.74) is 2.01. The van der Waals surface area contributed by atoms with E-state index in [1.807, 2.05) is 0 Å². The number of aromatic hydroxyl groups is 3. The fraction of sp³-hybridized carbons (Fsp3) is 0. The molecule has 3 rings (SSSR count). The second kappa shape index (κ2) is 5.42. The highest BCUT2D eigenvalue weighted by Gasteiger charge is 2.18. The summed E-state index contributed by atoms with van der Waals surface area (Å²) < 4.78 is 0. The van der Waals surface area contributed by atoms with Gasteiger partial charge in [0.1, 0.15) is 5.75 Å². The Bertz CT molecular complexity index is 868. The smallest absolute Gasteiger partial charge is 0.336 e. The molecule has 0 spiro atoms. The molecule has 6 nitrogen and oxygen atoms in total. The first-order valence-electron chi connectivity index (χ1n) is 6.74. The molecule has 2 aromatic carbocycles. The molecule has 1 aliphatic rings. The van der Waals surface area contributed by atoms with Crippen molar-refractivity contribution in [2.45, 2.75) is 0 Å². The van der Waals surface area contributed by atoms with Gasteiger partial charge in [-0.25, -0.2) is 4.79 Å². The fourth-order valence-electron chi connectivity index (χ4n) is 2.35. The number of phenols is 3. The number of nitrogens with one attached hydrogen (secondary N) is 1. The summed E-state index contributed by atoms with van der Waals surface area (Å²) in [7, 11) is 0. The van der Waals surface area contributed by atoms with E-state index in [0.29, 0.717) is 22.5 Å². The van der Waals surface area contributed by atoms with Gasteiger partial charge in [-0.3, -0.25) is 0 Å². The number of benzene rings is 2. The standard InChI is InChI=1S/C17H13NO5/c19-13-5-1-9(8-15(13)21)7-10-2-3-11-12(17(22)23)4-6-14(20)16(11)18-10/h1-8,18-21H,(H,22,23)/b10-7+. The molecule has 23 heavy (non-hydrogen) atoms. The quantitative estimate of drug-likeness (QED) is 0.545. The van der Waals surface area contributed by atoms with Crippen molar-refractivity contribution in [2.75, 3.05) is 5.32 Å². The Labute approximate surface area is 131 Å². The summed E-state index contributed by atoms with van der Waals surface area (Å²) >= 11 is 0. The van der Waals surface area contributed by atoms with Crippen LogP contribution in [0.2, 0.25) is 0 Å². The van der Waals surface area contributed by atoms with Gasteiger partial charge in [0, 0.05) is 11.3 Å². The molecule has 5 N–H and O–H groups in total. The van der Waals surface area contributed by atoms with Gasteiger partial charge >= 0.3 is 5.97 Å². The maximum atomic E-state index is 11.2. The van der Waals surface area contributed by atoms with Gasteiger partial charge < -0.3 is 25.7 Å². The molecular weight excluding hydrogens is 298 g/mol. The Hall–Kier alpha value is -3.41. The van der Waals surface area contributed by atoms with Crippen LogP contribution in [0, 0.1) is 0 Å². The van der Waals surface area contributed by atoms with Crippen LogP contribution >= 0.6 is 0 Å². The Kier molecular flexibility index (Phi) is 3.42. The molecule has 6 heteroatoms. The van der Waals surface area contributed by atoms with Crippen molar-refractivity contribution in [1.82, 2.24) is 0 Å². The van der Waals surface area contributed by atoms with Gasteiger partial charge in [-0.15, -0.1) is 0 Å². The number of fused-ring (bicyclic) bond motifs is 1. The second-order valence-corrected chi connectivity index (χ2v) is 5.03. The van der Waals surface area contributed by atoms with Crippen LogP contribution in [0.25, 0.3) is 12.2 Å². The summed E-state index contributed by atoms with van der Waals surface area (Å²) in [6, 6.07) is 7.03. The Morgan fingerprint density at radius 2 is 1.70 bits per heavy atom. The minimum Gasteiger partial charge on any atom is -0.506 e. The number of rotatable bonds is 2. The van der Waals surface area contributed by atoms with Gasteiger partial charge in [0.2, 0.25) is 0 Å². The normalized spacial score (nSPS) is 14.3. The number of allylic oxidation sites excluding steroid dienone is 1. The molecule has 0 atom stereocenters. The van der Waals surface area contributed by atoms with Crippen LogP contribution in [0.5, 0.6) is 17.2 Å². The third-order valence-corrected chi connectivity index (χ3v) is 3.47. The minimum absolute atomic E-state index is 0.0613. The van der Waals surface area contributed by atoms with Gasteiger partial charge in [-0.05, 0) is 48.1 Å². The molecule has 0 bridgehead atoms. The summed E-state index contributed by atoms with van der Waals surface area (Å²) in [6.07, 6.45) is 4.95. The lowest BCUT2D eigenvalue weighted by Gasteiger charge is -2.18. The van der Waals surface area contributed by atoms with E-state index in [1.54, 1.807) is 24.3 Å². The lowest BCUT2D eigenvalue weighted by molar-refractivity contribution is 0.0696. The van der Waals surface area contributed by atoms with E-state index < -0.39 is 5.97 Å².